The normalized spacial score (nSPS) is 10.1. The minimum atomic E-state index is -0.409. The third kappa shape index (κ3) is 2.82. The predicted molar refractivity (Wildman–Crippen MR) is 70.9 cm³/mol. The van der Waals surface area contributed by atoms with Gasteiger partial charge in [-0.3, -0.25) is 4.79 Å². The minimum Gasteiger partial charge on any atom is -0.496 e. The van der Waals surface area contributed by atoms with Gasteiger partial charge < -0.3 is 10.1 Å². The summed E-state index contributed by atoms with van der Waals surface area (Å²) in [7, 11) is 1.48. The molecular weight excluding hydrogens is 271 g/mol. The molecule has 0 atom stereocenters. The van der Waals surface area contributed by atoms with Gasteiger partial charge in [0.2, 0.25) is 6.41 Å². The van der Waals surface area contributed by atoms with E-state index in [1.807, 2.05) is 0 Å². The number of pyridine rings is 1. The van der Waals surface area contributed by atoms with E-state index in [0.717, 1.165) is 0 Å². The molecule has 0 fully saturated rings. The summed E-state index contributed by atoms with van der Waals surface area (Å²) in [6, 6.07) is 5.66. The van der Waals surface area contributed by atoms with E-state index in [0.29, 0.717) is 34.1 Å². The van der Waals surface area contributed by atoms with Crippen LogP contribution < -0.4 is 10.1 Å². The van der Waals surface area contributed by atoms with Crippen LogP contribution in [0.5, 0.6) is 5.75 Å². The van der Waals surface area contributed by atoms with Gasteiger partial charge in [0.1, 0.15) is 17.4 Å². The summed E-state index contributed by atoms with van der Waals surface area (Å²) in [5, 5.41) is 2.75. The molecule has 4 nitrogen and oxygen atoms in total. The number of carbonyl (C=O) groups excluding carboxylic acids is 1. The summed E-state index contributed by atoms with van der Waals surface area (Å²) < 4.78 is 18.5. The van der Waals surface area contributed by atoms with Gasteiger partial charge in [-0.15, -0.1) is 0 Å². The first-order chi connectivity index (χ1) is 9.15. The molecule has 2 rings (SSSR count). The fraction of sp³-hybridized carbons (Fsp3) is 0.0769. The van der Waals surface area contributed by atoms with Crippen molar-refractivity contribution in [2.24, 2.45) is 0 Å². The summed E-state index contributed by atoms with van der Waals surface area (Å²) >= 11 is 6.06. The Kier molecular flexibility index (Phi) is 3.97. The van der Waals surface area contributed by atoms with Gasteiger partial charge >= 0.3 is 0 Å². The number of benzene rings is 1. The van der Waals surface area contributed by atoms with Crippen molar-refractivity contribution in [2.45, 2.75) is 0 Å². The average molecular weight is 281 g/mol. The maximum Gasteiger partial charge on any atom is 0.212 e. The van der Waals surface area contributed by atoms with Crippen LogP contribution in [0.4, 0.5) is 10.2 Å². The quantitative estimate of drug-likeness (QED) is 0.876. The molecule has 0 aliphatic heterocycles. The third-order valence-electron chi connectivity index (χ3n) is 2.51. The number of amides is 1. The lowest BCUT2D eigenvalue weighted by molar-refractivity contribution is -0.105. The van der Waals surface area contributed by atoms with Crippen molar-refractivity contribution in [3.63, 3.8) is 0 Å². The maximum atomic E-state index is 13.4. The first-order valence-corrected chi connectivity index (χ1v) is 5.73. The number of hydrogen-bond donors (Lipinski definition) is 1. The highest BCUT2D eigenvalue weighted by Crippen LogP contribution is 2.36. The SMILES string of the molecule is COc1ccc(F)cc1-c1cc(NC=O)ncc1Cl. The van der Waals surface area contributed by atoms with E-state index in [4.69, 9.17) is 16.3 Å². The molecule has 0 spiro atoms. The number of rotatable bonds is 4. The highest BCUT2D eigenvalue weighted by molar-refractivity contribution is 6.33. The molecule has 0 saturated heterocycles. The number of nitrogens with zero attached hydrogens (tertiary/aromatic N) is 1. The standard InChI is InChI=1S/C13H10ClFN2O2/c1-19-12-3-2-8(15)4-10(12)9-5-13(17-7-18)16-6-11(9)14/h2-7H,1H3,(H,16,17,18). The lowest BCUT2D eigenvalue weighted by atomic mass is 10.1. The van der Waals surface area contributed by atoms with Gasteiger partial charge in [-0.05, 0) is 24.3 Å². The maximum absolute atomic E-state index is 13.4. The van der Waals surface area contributed by atoms with E-state index in [1.54, 1.807) is 6.07 Å². The van der Waals surface area contributed by atoms with Gasteiger partial charge in [0, 0.05) is 17.3 Å². The highest BCUT2D eigenvalue weighted by Gasteiger charge is 2.12. The van der Waals surface area contributed by atoms with Crippen molar-refractivity contribution in [1.82, 2.24) is 4.98 Å². The second kappa shape index (κ2) is 5.67. The molecule has 19 heavy (non-hydrogen) atoms. The van der Waals surface area contributed by atoms with E-state index < -0.39 is 5.82 Å². The smallest absolute Gasteiger partial charge is 0.212 e. The van der Waals surface area contributed by atoms with E-state index in [9.17, 15) is 9.18 Å². The number of ether oxygens (including phenoxy) is 1. The topological polar surface area (TPSA) is 51.2 Å². The average Bonchev–Trinajstić information content (AvgIpc) is 2.41. The minimum absolute atomic E-state index is 0.320. The Morgan fingerprint density at radius 1 is 1.37 bits per heavy atom. The van der Waals surface area contributed by atoms with E-state index in [1.165, 1.54) is 31.5 Å². The molecule has 0 aliphatic rings. The van der Waals surface area contributed by atoms with Crippen molar-refractivity contribution in [1.29, 1.82) is 0 Å². The molecule has 0 unspecified atom stereocenters. The molecule has 2 aromatic rings. The van der Waals surface area contributed by atoms with Crippen molar-refractivity contribution < 1.29 is 13.9 Å². The number of nitrogens with one attached hydrogen (secondary N) is 1. The van der Waals surface area contributed by atoms with Crippen LogP contribution in [0.15, 0.2) is 30.5 Å². The molecule has 6 heteroatoms. The molecular formula is C13H10ClFN2O2. The van der Waals surface area contributed by atoms with Crippen molar-refractivity contribution in [3.05, 3.63) is 41.3 Å². The van der Waals surface area contributed by atoms with Gasteiger partial charge in [-0.2, -0.15) is 0 Å². The predicted octanol–water partition coefficient (Wildman–Crippen LogP) is 3.12. The molecule has 0 bridgehead atoms. The monoisotopic (exact) mass is 280 g/mol. The fourth-order valence-corrected chi connectivity index (χ4v) is 1.88. The Bertz CT molecular complexity index is 620. The van der Waals surface area contributed by atoms with Crippen LogP contribution in [0, 0.1) is 5.82 Å². The first kappa shape index (κ1) is 13.3. The molecule has 1 aromatic carbocycles. The molecule has 0 saturated carbocycles. The summed E-state index contributed by atoms with van der Waals surface area (Å²) in [4.78, 5) is 14.3. The zero-order valence-electron chi connectivity index (χ0n) is 9.98. The van der Waals surface area contributed by atoms with Gasteiger partial charge in [0.25, 0.3) is 0 Å². The number of aromatic nitrogens is 1. The van der Waals surface area contributed by atoms with Gasteiger partial charge in [0.05, 0.1) is 12.1 Å². The Morgan fingerprint density at radius 3 is 2.84 bits per heavy atom. The Balaban J connectivity index is 2.59. The number of methoxy groups -OCH3 is 1. The van der Waals surface area contributed by atoms with Crippen LogP contribution in [0.2, 0.25) is 5.02 Å². The van der Waals surface area contributed by atoms with Crippen molar-refractivity contribution in [3.8, 4) is 16.9 Å². The molecule has 0 radical (unpaired) electrons. The van der Waals surface area contributed by atoms with Gasteiger partial charge in [0.15, 0.2) is 0 Å². The Morgan fingerprint density at radius 2 is 2.16 bits per heavy atom. The summed E-state index contributed by atoms with van der Waals surface area (Å²) in [5.41, 5.74) is 1.02. The fourth-order valence-electron chi connectivity index (χ4n) is 1.68. The molecule has 0 aliphatic carbocycles. The number of carbonyl (C=O) groups is 1. The van der Waals surface area contributed by atoms with Crippen LogP contribution in [0.3, 0.4) is 0 Å². The number of anilines is 1. The number of halogens is 2. The number of hydrogen-bond acceptors (Lipinski definition) is 3. The second-order valence-electron chi connectivity index (χ2n) is 3.66. The molecule has 1 N–H and O–H groups in total. The summed E-state index contributed by atoms with van der Waals surface area (Å²) in [6.45, 7) is 0. The zero-order chi connectivity index (χ0) is 13.8. The highest BCUT2D eigenvalue weighted by atomic mass is 35.5. The molecule has 98 valence electrons. The molecule has 1 amide bonds. The van der Waals surface area contributed by atoms with Gasteiger partial charge in [-0.25, -0.2) is 9.37 Å². The molecule has 1 aromatic heterocycles. The van der Waals surface area contributed by atoms with Crippen molar-refractivity contribution in [2.75, 3.05) is 12.4 Å². The lowest BCUT2D eigenvalue weighted by Crippen LogP contribution is -1.98. The Hall–Kier alpha value is -2.14. The second-order valence-corrected chi connectivity index (χ2v) is 4.06. The summed E-state index contributed by atoms with van der Waals surface area (Å²) in [6.07, 6.45) is 1.88. The van der Waals surface area contributed by atoms with E-state index in [-0.39, 0.29) is 0 Å². The Labute approximate surface area is 114 Å². The van der Waals surface area contributed by atoms with E-state index in [2.05, 4.69) is 10.3 Å². The largest absolute Gasteiger partial charge is 0.496 e. The van der Waals surface area contributed by atoms with Gasteiger partial charge in [-0.1, -0.05) is 11.6 Å². The van der Waals surface area contributed by atoms with E-state index >= 15 is 0 Å². The van der Waals surface area contributed by atoms with Crippen molar-refractivity contribution >= 4 is 23.8 Å². The van der Waals surface area contributed by atoms with Crippen LogP contribution in [-0.2, 0) is 4.79 Å². The van der Waals surface area contributed by atoms with Crippen LogP contribution >= 0.6 is 11.6 Å². The summed E-state index contributed by atoms with van der Waals surface area (Å²) in [5.74, 6) is 0.390. The van der Waals surface area contributed by atoms with Crippen LogP contribution in [0.1, 0.15) is 0 Å². The third-order valence-corrected chi connectivity index (χ3v) is 2.82. The lowest BCUT2D eigenvalue weighted by Gasteiger charge is -2.11. The van der Waals surface area contributed by atoms with Crippen LogP contribution in [-0.4, -0.2) is 18.5 Å². The zero-order valence-corrected chi connectivity index (χ0v) is 10.7. The molecule has 1 heterocycles. The van der Waals surface area contributed by atoms with Crippen LogP contribution in [0.25, 0.3) is 11.1 Å². The first-order valence-electron chi connectivity index (χ1n) is 5.35.